The van der Waals surface area contributed by atoms with Gasteiger partial charge in [-0.15, -0.1) is 11.3 Å². The quantitative estimate of drug-likeness (QED) is 0.0808. The Bertz CT molecular complexity index is 2240. The van der Waals surface area contributed by atoms with Crippen LogP contribution in [-0.4, -0.2) is 37.8 Å². The minimum Gasteiger partial charge on any atom is -0.382 e. The highest BCUT2D eigenvalue weighted by atomic mass is 35.5. The van der Waals surface area contributed by atoms with Gasteiger partial charge in [-0.05, 0) is 83.6 Å². The van der Waals surface area contributed by atoms with E-state index in [9.17, 15) is 13.2 Å². The average molecular weight is 759 g/mol. The zero-order valence-electron chi connectivity index (χ0n) is 28.8. The van der Waals surface area contributed by atoms with Gasteiger partial charge in [0, 0.05) is 40.3 Å². The molecule has 266 valence electrons. The van der Waals surface area contributed by atoms with Gasteiger partial charge < -0.3 is 5.32 Å². The van der Waals surface area contributed by atoms with Crippen molar-refractivity contribution in [1.29, 1.82) is 0 Å². The predicted octanol–water partition coefficient (Wildman–Crippen LogP) is 9.36. The van der Waals surface area contributed by atoms with Crippen LogP contribution in [0.25, 0.3) is 0 Å². The van der Waals surface area contributed by atoms with Gasteiger partial charge in [0.2, 0.25) is 10.0 Å². The first kappa shape index (κ1) is 36.2. The number of carbonyl (C=O) groups is 1. The number of amides is 1. The van der Waals surface area contributed by atoms with Crippen molar-refractivity contribution < 1.29 is 13.2 Å². The molecule has 0 saturated carbocycles. The van der Waals surface area contributed by atoms with E-state index in [0.29, 0.717) is 41.4 Å². The Morgan fingerprint density at radius 3 is 1.91 bits per heavy atom. The highest BCUT2D eigenvalue weighted by molar-refractivity contribution is 7.91. The molecular formula is C42H37ClN5O3S2+. The third-order valence-corrected chi connectivity index (χ3v) is 13.2. The Kier molecular flexibility index (Phi) is 11.1. The van der Waals surface area contributed by atoms with Crippen LogP contribution in [0.4, 0.5) is 5.69 Å². The molecule has 0 bridgehead atoms. The normalized spacial score (nSPS) is 13.9. The summed E-state index contributed by atoms with van der Waals surface area (Å²) in [5.41, 5.74) is 5.45. The molecule has 1 amide bonds. The molecule has 0 unspecified atom stereocenters. The molecule has 1 aliphatic heterocycles. The van der Waals surface area contributed by atoms with Crippen LogP contribution in [0.5, 0.6) is 0 Å². The predicted molar refractivity (Wildman–Crippen MR) is 211 cm³/mol. The number of anilines is 1. The minimum absolute atomic E-state index is 0.106. The van der Waals surface area contributed by atoms with Crippen molar-refractivity contribution in [1.82, 2.24) is 9.22 Å². The van der Waals surface area contributed by atoms with Gasteiger partial charge >= 0.3 is 5.91 Å². The summed E-state index contributed by atoms with van der Waals surface area (Å²) in [6, 6.07) is 50.2. The second kappa shape index (κ2) is 16.2. The SMILES string of the molecule is O=C(N=[N+]=NCc1ccc(S(=O)(=O)N2CCC(Nc3cccc(C(c4ccccc4)(c4ccccc4)c4ccccc4)c3)CC2)s1)c1ccc(Cl)cc1. The number of hydrogen-bond acceptors (Lipinski definition) is 6. The number of halogens is 1. The van der Waals surface area contributed by atoms with Crippen molar-refractivity contribution in [3.05, 3.63) is 189 Å². The fourth-order valence-electron chi connectivity index (χ4n) is 6.92. The maximum absolute atomic E-state index is 13.6. The van der Waals surface area contributed by atoms with Crippen molar-refractivity contribution in [3.8, 4) is 0 Å². The molecule has 0 spiro atoms. The Balaban J connectivity index is 1.04. The third-order valence-electron chi connectivity index (χ3n) is 9.49. The van der Waals surface area contributed by atoms with Crippen molar-refractivity contribution in [2.24, 2.45) is 10.2 Å². The second-order valence-corrected chi connectivity index (χ2v) is 16.5. The molecule has 8 nitrogen and oxygen atoms in total. The Morgan fingerprint density at radius 2 is 1.32 bits per heavy atom. The van der Waals surface area contributed by atoms with E-state index < -0.39 is 21.3 Å². The van der Waals surface area contributed by atoms with Crippen LogP contribution in [0.15, 0.2) is 166 Å². The van der Waals surface area contributed by atoms with E-state index in [1.165, 1.54) is 16.7 Å². The molecular weight excluding hydrogens is 722 g/mol. The molecule has 0 radical (unpaired) electrons. The average Bonchev–Trinajstić information content (AvgIpc) is 3.69. The largest absolute Gasteiger partial charge is 0.382 e. The number of nitrogens with zero attached hydrogens (tertiary/aromatic N) is 4. The van der Waals surface area contributed by atoms with Crippen LogP contribution >= 0.6 is 22.9 Å². The highest BCUT2D eigenvalue weighted by Gasteiger charge is 2.38. The van der Waals surface area contributed by atoms with Crippen LogP contribution < -0.4 is 10.2 Å². The van der Waals surface area contributed by atoms with Crippen molar-refractivity contribution >= 4 is 44.6 Å². The molecule has 1 N–H and O–H groups in total. The smallest absolute Gasteiger partial charge is 0.360 e. The number of hydrogen-bond donors (Lipinski definition) is 1. The molecule has 1 aliphatic rings. The van der Waals surface area contributed by atoms with Crippen LogP contribution in [-0.2, 0) is 22.0 Å². The van der Waals surface area contributed by atoms with E-state index >= 15 is 0 Å². The lowest BCUT2D eigenvalue weighted by atomic mass is 9.65. The van der Waals surface area contributed by atoms with E-state index in [4.69, 9.17) is 11.6 Å². The number of sulfonamides is 1. The lowest BCUT2D eigenvalue weighted by molar-refractivity contribution is 0.0992. The molecule has 1 saturated heterocycles. The monoisotopic (exact) mass is 758 g/mol. The van der Waals surface area contributed by atoms with Gasteiger partial charge in [-0.3, -0.25) is 4.79 Å². The Morgan fingerprint density at radius 1 is 0.755 bits per heavy atom. The summed E-state index contributed by atoms with van der Waals surface area (Å²) in [4.78, 5) is 16.5. The summed E-state index contributed by atoms with van der Waals surface area (Å²) in [7, 11) is -3.68. The van der Waals surface area contributed by atoms with Gasteiger partial charge in [-0.1, -0.05) is 115 Å². The summed E-state index contributed by atoms with van der Waals surface area (Å²) in [5.74, 6) is -0.537. The van der Waals surface area contributed by atoms with E-state index in [0.717, 1.165) is 22.6 Å². The summed E-state index contributed by atoms with van der Waals surface area (Å²) >= 11 is 7.02. The van der Waals surface area contributed by atoms with Gasteiger partial charge in [0.15, 0.2) is 6.54 Å². The summed E-state index contributed by atoms with van der Waals surface area (Å²) in [6.07, 6.45) is 1.33. The second-order valence-electron chi connectivity index (χ2n) is 12.8. The lowest BCUT2D eigenvalue weighted by Crippen LogP contribution is -2.42. The van der Waals surface area contributed by atoms with Crippen molar-refractivity contribution in [2.45, 2.75) is 35.1 Å². The molecule has 11 heteroatoms. The minimum atomic E-state index is -3.68. The van der Waals surface area contributed by atoms with Gasteiger partial charge in [0.1, 0.15) is 9.32 Å². The van der Waals surface area contributed by atoms with Crippen molar-refractivity contribution in [2.75, 3.05) is 18.4 Å². The van der Waals surface area contributed by atoms with Crippen LogP contribution in [0.1, 0.15) is 50.3 Å². The number of thiophene rings is 1. The summed E-state index contributed by atoms with van der Waals surface area (Å²) in [6.45, 7) is 0.920. The maximum Gasteiger partial charge on any atom is 0.360 e. The van der Waals surface area contributed by atoms with Crippen LogP contribution in [0, 0.1) is 0 Å². The number of piperidine rings is 1. The fraction of sp³-hybridized carbons (Fsp3) is 0.167. The number of nitrogens with one attached hydrogen (secondary N) is 1. The molecule has 5 aromatic carbocycles. The van der Waals surface area contributed by atoms with Gasteiger partial charge in [-0.25, -0.2) is 8.42 Å². The first-order chi connectivity index (χ1) is 25.8. The molecule has 6 aromatic rings. The molecule has 2 heterocycles. The van der Waals surface area contributed by atoms with E-state index in [1.807, 2.05) is 18.2 Å². The van der Waals surface area contributed by atoms with Crippen LogP contribution in [0.3, 0.4) is 0 Å². The molecule has 53 heavy (non-hydrogen) atoms. The summed E-state index contributed by atoms with van der Waals surface area (Å²) < 4.78 is 29.0. The summed E-state index contributed by atoms with van der Waals surface area (Å²) in [5, 5.41) is 11.8. The van der Waals surface area contributed by atoms with Crippen molar-refractivity contribution in [3.63, 3.8) is 0 Å². The fourth-order valence-corrected chi connectivity index (χ4v) is 9.94. The third kappa shape index (κ3) is 7.93. The molecule has 0 atom stereocenters. The van der Waals surface area contributed by atoms with E-state index in [2.05, 4.69) is 118 Å². The van der Waals surface area contributed by atoms with Crippen LogP contribution in [0.2, 0.25) is 5.02 Å². The highest BCUT2D eigenvalue weighted by Crippen LogP contribution is 2.45. The van der Waals surface area contributed by atoms with Gasteiger partial charge in [0.05, 0.1) is 5.41 Å². The topological polar surface area (TPSA) is 105 Å². The first-order valence-corrected chi connectivity index (χ1v) is 20.0. The molecule has 0 aliphatic carbocycles. The molecule has 7 rings (SSSR count). The zero-order chi connectivity index (χ0) is 36.7. The van der Waals surface area contributed by atoms with Gasteiger partial charge in [-0.2, -0.15) is 4.31 Å². The Hall–Kier alpha value is -5.22. The van der Waals surface area contributed by atoms with E-state index in [-0.39, 0.29) is 16.8 Å². The molecule has 1 fully saturated rings. The van der Waals surface area contributed by atoms with E-state index in [1.54, 1.807) is 40.7 Å². The molecule has 1 aromatic heterocycles. The first-order valence-electron chi connectivity index (χ1n) is 17.3. The standard InChI is InChI=1S/C42H37ClN5O3S2/c43-36-21-19-31(20-22-36)41(49)46-47-44-30-39-23-24-40(52-39)53(50,51)48-27-25-37(26-28-48)45-38-18-10-17-35(29-38)42(32-11-4-1-5-12-32,33-13-6-2-7-14-33)34-15-8-3-9-16-34/h1-24,29,37,45H,25-28,30H2/q+1. The lowest BCUT2D eigenvalue weighted by Gasteiger charge is -2.37. The Labute approximate surface area is 318 Å². The maximum atomic E-state index is 13.6. The number of carbonyl (C=O) groups excluding carboxylic acids is 1. The number of rotatable bonds is 11. The number of benzene rings is 5. The van der Waals surface area contributed by atoms with Gasteiger partial charge in [0.25, 0.3) is 10.0 Å². The zero-order valence-corrected chi connectivity index (χ0v) is 31.1.